The molecule has 112 valence electrons. The molecule has 21 heavy (non-hydrogen) atoms. The van der Waals surface area contributed by atoms with Crippen LogP contribution in [0.2, 0.25) is 0 Å². The molecule has 0 aliphatic heterocycles. The van der Waals surface area contributed by atoms with Gasteiger partial charge in [-0.1, -0.05) is 6.92 Å². The van der Waals surface area contributed by atoms with Crippen LogP contribution < -0.4 is 5.32 Å². The van der Waals surface area contributed by atoms with Crippen molar-refractivity contribution in [3.05, 3.63) is 16.0 Å². The van der Waals surface area contributed by atoms with Gasteiger partial charge in [-0.25, -0.2) is 0 Å². The Bertz CT molecular complexity index is 601. The van der Waals surface area contributed by atoms with Gasteiger partial charge in [0.1, 0.15) is 11.1 Å². The predicted molar refractivity (Wildman–Crippen MR) is 80.3 cm³/mol. The Kier molecular flexibility index (Phi) is 4.97. The van der Waals surface area contributed by atoms with Gasteiger partial charge in [0.05, 0.1) is 5.56 Å². The summed E-state index contributed by atoms with van der Waals surface area (Å²) in [6, 6.07) is 2.20. The van der Waals surface area contributed by atoms with Gasteiger partial charge in [0.2, 0.25) is 5.91 Å². The number of carbonyl (C=O) groups excluding carboxylic acids is 1. The number of nitrogens with one attached hydrogen (secondary N) is 1. The minimum Gasteiger partial charge on any atom is -0.481 e. The maximum Gasteiger partial charge on any atom is 0.303 e. The first-order chi connectivity index (χ1) is 10.0. The van der Waals surface area contributed by atoms with E-state index in [1.165, 1.54) is 16.2 Å². The number of hydrogen-bond acceptors (Lipinski definition) is 4. The van der Waals surface area contributed by atoms with Crippen LogP contribution in [0, 0.1) is 17.2 Å². The van der Waals surface area contributed by atoms with E-state index in [4.69, 9.17) is 5.11 Å². The zero-order valence-electron chi connectivity index (χ0n) is 11.9. The molecule has 5 nitrogen and oxygen atoms in total. The number of anilines is 1. The van der Waals surface area contributed by atoms with E-state index in [2.05, 4.69) is 18.3 Å². The summed E-state index contributed by atoms with van der Waals surface area (Å²) in [5.41, 5.74) is 1.68. The predicted octanol–water partition coefficient (Wildman–Crippen LogP) is 2.94. The summed E-state index contributed by atoms with van der Waals surface area (Å²) < 4.78 is 0. The Morgan fingerprint density at radius 3 is 2.90 bits per heavy atom. The first kappa shape index (κ1) is 15.5. The van der Waals surface area contributed by atoms with Crippen LogP contribution in [-0.2, 0) is 22.4 Å². The Morgan fingerprint density at radius 2 is 2.24 bits per heavy atom. The molecule has 1 aromatic rings. The van der Waals surface area contributed by atoms with Crippen LogP contribution in [0.3, 0.4) is 0 Å². The zero-order valence-corrected chi connectivity index (χ0v) is 12.8. The molecular formula is C15H18N2O3S. The number of carboxylic acid groups (broad SMARTS) is 1. The smallest absolute Gasteiger partial charge is 0.303 e. The van der Waals surface area contributed by atoms with Crippen molar-refractivity contribution in [2.24, 2.45) is 5.92 Å². The van der Waals surface area contributed by atoms with Gasteiger partial charge in [0.25, 0.3) is 0 Å². The summed E-state index contributed by atoms with van der Waals surface area (Å²) in [4.78, 5) is 23.5. The fourth-order valence-electron chi connectivity index (χ4n) is 2.55. The monoisotopic (exact) mass is 306 g/mol. The highest BCUT2D eigenvalue weighted by molar-refractivity contribution is 7.16. The molecule has 0 aromatic carbocycles. The lowest BCUT2D eigenvalue weighted by Gasteiger charge is -2.17. The average molecular weight is 306 g/mol. The van der Waals surface area contributed by atoms with E-state index < -0.39 is 5.97 Å². The molecule has 0 bridgehead atoms. The third-order valence-electron chi connectivity index (χ3n) is 3.67. The van der Waals surface area contributed by atoms with Crippen molar-refractivity contribution in [2.75, 3.05) is 5.32 Å². The third-order valence-corrected chi connectivity index (χ3v) is 4.84. The van der Waals surface area contributed by atoms with Gasteiger partial charge in [0.15, 0.2) is 0 Å². The summed E-state index contributed by atoms with van der Waals surface area (Å²) >= 11 is 1.49. The first-order valence-corrected chi connectivity index (χ1v) is 7.89. The number of rotatable bonds is 5. The molecule has 6 heteroatoms. The molecule has 1 aliphatic rings. The molecule has 0 fully saturated rings. The van der Waals surface area contributed by atoms with Crippen LogP contribution in [0.5, 0.6) is 0 Å². The number of thiophene rings is 1. The van der Waals surface area contributed by atoms with Crippen molar-refractivity contribution >= 4 is 28.2 Å². The highest BCUT2D eigenvalue weighted by atomic mass is 32.1. The third kappa shape index (κ3) is 3.82. The number of carboxylic acids is 1. The van der Waals surface area contributed by atoms with E-state index in [0.717, 1.165) is 24.8 Å². The molecule has 1 amide bonds. The molecular weight excluding hydrogens is 288 g/mol. The molecule has 0 saturated carbocycles. The van der Waals surface area contributed by atoms with Crippen molar-refractivity contribution in [3.63, 3.8) is 0 Å². The first-order valence-electron chi connectivity index (χ1n) is 7.07. The molecule has 1 atom stereocenters. The summed E-state index contributed by atoms with van der Waals surface area (Å²) in [5, 5.41) is 21.3. The topological polar surface area (TPSA) is 90.2 Å². The van der Waals surface area contributed by atoms with E-state index >= 15 is 0 Å². The zero-order chi connectivity index (χ0) is 15.4. The van der Waals surface area contributed by atoms with Gasteiger partial charge in [0, 0.05) is 17.7 Å². The molecule has 1 aliphatic carbocycles. The normalized spacial score (nSPS) is 16.9. The fourth-order valence-corrected chi connectivity index (χ4v) is 3.92. The minimum absolute atomic E-state index is 0.0169. The Morgan fingerprint density at radius 1 is 1.48 bits per heavy atom. The highest BCUT2D eigenvalue weighted by Crippen LogP contribution is 2.39. The average Bonchev–Trinajstić information content (AvgIpc) is 2.74. The Labute approximate surface area is 127 Å². The Hall–Kier alpha value is -1.87. The van der Waals surface area contributed by atoms with Crippen LogP contribution in [0.4, 0.5) is 5.00 Å². The molecule has 1 unspecified atom stereocenters. The number of nitrogens with zero attached hydrogens (tertiary/aromatic N) is 1. The standard InChI is InChI=1S/C15H18N2O3S/c1-9-5-6-10-11(8-16)15(21-12(10)7-9)17-13(18)3-2-4-14(19)20/h9H,2-7H2,1H3,(H,17,18)(H,19,20). The van der Waals surface area contributed by atoms with Gasteiger partial charge < -0.3 is 10.4 Å². The highest BCUT2D eigenvalue weighted by Gasteiger charge is 2.24. The number of fused-ring (bicyclic) bond motifs is 1. The van der Waals surface area contributed by atoms with E-state index in [1.54, 1.807) is 0 Å². The number of carbonyl (C=O) groups is 2. The minimum atomic E-state index is -0.902. The van der Waals surface area contributed by atoms with Crippen molar-refractivity contribution in [1.29, 1.82) is 5.26 Å². The number of nitriles is 1. The van der Waals surface area contributed by atoms with Gasteiger partial charge in [-0.15, -0.1) is 11.3 Å². The second-order valence-electron chi connectivity index (χ2n) is 5.46. The van der Waals surface area contributed by atoms with Crippen LogP contribution in [0.15, 0.2) is 0 Å². The summed E-state index contributed by atoms with van der Waals surface area (Å²) in [6.07, 6.45) is 3.39. The summed E-state index contributed by atoms with van der Waals surface area (Å²) in [5.74, 6) is -0.512. The quantitative estimate of drug-likeness (QED) is 0.875. The number of aliphatic carboxylic acids is 1. The van der Waals surface area contributed by atoms with Crippen molar-refractivity contribution in [1.82, 2.24) is 0 Å². The van der Waals surface area contributed by atoms with Crippen LogP contribution in [0.1, 0.15) is 48.6 Å². The second-order valence-corrected chi connectivity index (χ2v) is 6.57. The summed E-state index contributed by atoms with van der Waals surface area (Å²) in [7, 11) is 0. The van der Waals surface area contributed by atoms with Crippen molar-refractivity contribution < 1.29 is 14.7 Å². The molecule has 2 rings (SSSR count). The largest absolute Gasteiger partial charge is 0.481 e. The van der Waals surface area contributed by atoms with E-state index in [0.29, 0.717) is 22.9 Å². The summed E-state index contributed by atoms with van der Waals surface area (Å²) in [6.45, 7) is 2.19. The lowest BCUT2D eigenvalue weighted by atomic mass is 9.88. The molecule has 0 spiro atoms. The van der Waals surface area contributed by atoms with Crippen molar-refractivity contribution in [3.8, 4) is 6.07 Å². The molecule has 2 N–H and O–H groups in total. The van der Waals surface area contributed by atoms with Crippen molar-refractivity contribution in [2.45, 2.75) is 45.4 Å². The molecule has 1 heterocycles. The molecule has 0 saturated heterocycles. The van der Waals surface area contributed by atoms with Gasteiger partial charge in [-0.2, -0.15) is 5.26 Å². The van der Waals surface area contributed by atoms with Gasteiger partial charge >= 0.3 is 5.97 Å². The van der Waals surface area contributed by atoms with E-state index in [9.17, 15) is 14.9 Å². The van der Waals surface area contributed by atoms with Crippen LogP contribution in [0.25, 0.3) is 0 Å². The maximum absolute atomic E-state index is 11.8. The van der Waals surface area contributed by atoms with E-state index in [-0.39, 0.29) is 18.7 Å². The number of amides is 1. The van der Waals surface area contributed by atoms with Gasteiger partial charge in [-0.3, -0.25) is 9.59 Å². The van der Waals surface area contributed by atoms with Crippen LogP contribution >= 0.6 is 11.3 Å². The van der Waals surface area contributed by atoms with E-state index in [1.807, 2.05) is 0 Å². The maximum atomic E-state index is 11.8. The molecule has 1 aromatic heterocycles. The lowest BCUT2D eigenvalue weighted by Crippen LogP contribution is -2.12. The Balaban J connectivity index is 2.05. The molecule has 0 radical (unpaired) electrons. The fraction of sp³-hybridized carbons (Fsp3) is 0.533. The SMILES string of the molecule is CC1CCc2c(sc(NC(=O)CCCC(=O)O)c2C#N)C1. The van der Waals surface area contributed by atoms with Gasteiger partial charge in [-0.05, 0) is 37.2 Å². The lowest BCUT2D eigenvalue weighted by molar-refractivity contribution is -0.137. The second kappa shape index (κ2) is 6.72. The van der Waals surface area contributed by atoms with Crippen LogP contribution in [-0.4, -0.2) is 17.0 Å². The number of hydrogen-bond donors (Lipinski definition) is 2.